The molecule has 1 atom stereocenters. The number of unbranched alkanes of at least 4 members (excludes halogenated alkanes) is 1. The molecule has 22 heavy (non-hydrogen) atoms. The van der Waals surface area contributed by atoms with E-state index in [4.69, 9.17) is 5.73 Å². The maximum Gasteiger partial charge on any atom is 0.333 e. The van der Waals surface area contributed by atoms with Gasteiger partial charge in [0.2, 0.25) is 0 Å². The zero-order valence-electron chi connectivity index (χ0n) is 13.8. The highest BCUT2D eigenvalue weighted by molar-refractivity contribution is 5.71. The van der Waals surface area contributed by atoms with Crippen molar-refractivity contribution in [3.63, 3.8) is 0 Å². The number of rotatable bonds is 6. The van der Waals surface area contributed by atoms with Crippen molar-refractivity contribution in [1.29, 1.82) is 0 Å². The van der Waals surface area contributed by atoms with E-state index >= 15 is 0 Å². The second-order valence-electron chi connectivity index (χ2n) is 5.66. The highest BCUT2D eigenvalue weighted by Gasteiger charge is 2.21. The first kappa shape index (κ1) is 16.5. The number of aromatic nitrogens is 4. The van der Waals surface area contributed by atoms with Gasteiger partial charge in [0.1, 0.15) is 5.82 Å². The van der Waals surface area contributed by atoms with Gasteiger partial charge in [-0.15, -0.1) is 0 Å². The Bertz CT molecular complexity index is 784. The lowest BCUT2D eigenvalue weighted by Gasteiger charge is -2.15. The fourth-order valence-corrected chi connectivity index (χ4v) is 2.71. The van der Waals surface area contributed by atoms with Gasteiger partial charge < -0.3 is 10.3 Å². The number of imidazole rings is 1. The molecular formula is C15H25N5O2. The van der Waals surface area contributed by atoms with Crippen molar-refractivity contribution in [2.24, 2.45) is 12.8 Å². The van der Waals surface area contributed by atoms with Gasteiger partial charge in [-0.2, -0.15) is 0 Å². The summed E-state index contributed by atoms with van der Waals surface area (Å²) in [5.74, 6) is 0.801. The third-order valence-corrected chi connectivity index (χ3v) is 4.12. The van der Waals surface area contributed by atoms with E-state index in [1.807, 2.05) is 14.0 Å². The quantitative estimate of drug-likeness (QED) is 0.854. The van der Waals surface area contributed by atoms with E-state index in [-0.39, 0.29) is 23.8 Å². The molecule has 0 amide bonds. The number of nitrogens with zero attached hydrogens (tertiary/aromatic N) is 4. The number of hydrogen-bond acceptors (Lipinski definition) is 4. The summed E-state index contributed by atoms with van der Waals surface area (Å²) < 4.78 is 4.67. The van der Waals surface area contributed by atoms with Crippen molar-refractivity contribution in [3.05, 3.63) is 26.7 Å². The Morgan fingerprint density at radius 3 is 2.50 bits per heavy atom. The molecule has 0 aliphatic carbocycles. The van der Waals surface area contributed by atoms with E-state index in [0.717, 1.165) is 18.7 Å². The average Bonchev–Trinajstić information content (AvgIpc) is 2.84. The molecule has 2 heterocycles. The van der Waals surface area contributed by atoms with E-state index in [1.54, 1.807) is 16.1 Å². The van der Waals surface area contributed by atoms with Crippen LogP contribution in [0.15, 0.2) is 9.59 Å². The van der Waals surface area contributed by atoms with Crippen molar-refractivity contribution in [1.82, 2.24) is 18.7 Å². The van der Waals surface area contributed by atoms with Crippen LogP contribution in [0.1, 0.15) is 45.5 Å². The van der Waals surface area contributed by atoms with Crippen LogP contribution in [0.3, 0.4) is 0 Å². The predicted octanol–water partition coefficient (Wildman–Crippen LogP) is 0.779. The molecule has 7 heteroatoms. The van der Waals surface area contributed by atoms with Gasteiger partial charge in [0.05, 0.1) is 6.04 Å². The fourth-order valence-electron chi connectivity index (χ4n) is 2.71. The summed E-state index contributed by atoms with van der Waals surface area (Å²) in [6.07, 6.45) is 2.54. The van der Waals surface area contributed by atoms with Crippen molar-refractivity contribution < 1.29 is 0 Å². The minimum absolute atomic E-state index is 0.243. The summed E-state index contributed by atoms with van der Waals surface area (Å²) in [7, 11) is 1.82. The molecule has 0 spiro atoms. The third-order valence-electron chi connectivity index (χ3n) is 4.12. The molecule has 2 rings (SSSR count). The molecule has 2 N–H and O–H groups in total. The minimum Gasteiger partial charge on any atom is -0.328 e. The first-order valence-electron chi connectivity index (χ1n) is 7.88. The molecule has 122 valence electrons. The van der Waals surface area contributed by atoms with Crippen LogP contribution in [-0.2, 0) is 20.0 Å². The van der Waals surface area contributed by atoms with Crippen LogP contribution in [0.2, 0.25) is 0 Å². The third kappa shape index (κ3) is 2.49. The van der Waals surface area contributed by atoms with Gasteiger partial charge in [-0.1, -0.05) is 20.3 Å². The second kappa shape index (κ2) is 6.48. The fraction of sp³-hybridized carbons (Fsp3) is 0.667. The lowest BCUT2D eigenvalue weighted by molar-refractivity contribution is 0.481. The minimum atomic E-state index is -0.336. The topological polar surface area (TPSA) is 87.8 Å². The maximum atomic E-state index is 12.8. The standard InChI is InChI=1S/C15H25N5O2/c1-5-7-8-19-13-12(18(4)11(6-2)17-13)14(21)20(15(19)22)10(3)9-16/h10H,5-9,16H2,1-4H3. The van der Waals surface area contributed by atoms with Crippen LogP contribution in [0.5, 0.6) is 0 Å². The molecule has 0 aromatic carbocycles. The number of hydrogen-bond donors (Lipinski definition) is 1. The van der Waals surface area contributed by atoms with Gasteiger partial charge in [0, 0.05) is 26.6 Å². The zero-order chi connectivity index (χ0) is 16.4. The molecule has 0 saturated carbocycles. The van der Waals surface area contributed by atoms with E-state index < -0.39 is 0 Å². The summed E-state index contributed by atoms with van der Waals surface area (Å²) in [4.78, 5) is 30.0. The summed E-state index contributed by atoms with van der Waals surface area (Å²) in [6, 6.07) is -0.336. The van der Waals surface area contributed by atoms with E-state index in [2.05, 4.69) is 11.9 Å². The van der Waals surface area contributed by atoms with E-state index in [1.165, 1.54) is 4.57 Å². The molecule has 0 saturated heterocycles. The smallest absolute Gasteiger partial charge is 0.328 e. The van der Waals surface area contributed by atoms with Crippen LogP contribution in [0, 0.1) is 0 Å². The predicted molar refractivity (Wildman–Crippen MR) is 87.3 cm³/mol. The molecule has 7 nitrogen and oxygen atoms in total. The van der Waals surface area contributed by atoms with Crippen LogP contribution < -0.4 is 17.0 Å². The van der Waals surface area contributed by atoms with Gasteiger partial charge in [0.25, 0.3) is 5.56 Å². The Kier molecular flexibility index (Phi) is 4.85. The summed E-state index contributed by atoms with van der Waals surface area (Å²) in [5.41, 5.74) is 6.02. The lowest BCUT2D eigenvalue weighted by atomic mass is 10.3. The summed E-state index contributed by atoms with van der Waals surface area (Å²) in [5, 5.41) is 0. The molecule has 0 aliphatic heterocycles. The van der Waals surface area contributed by atoms with Crippen LogP contribution in [0.4, 0.5) is 0 Å². The normalized spacial score (nSPS) is 13.0. The summed E-state index contributed by atoms with van der Waals surface area (Å²) in [6.45, 7) is 6.64. The monoisotopic (exact) mass is 307 g/mol. The molecule has 0 radical (unpaired) electrons. The number of fused-ring (bicyclic) bond motifs is 1. The molecule has 1 unspecified atom stereocenters. The molecule has 0 bridgehead atoms. The van der Waals surface area contributed by atoms with Crippen molar-refractivity contribution in [3.8, 4) is 0 Å². The van der Waals surface area contributed by atoms with Gasteiger partial charge in [-0.3, -0.25) is 13.9 Å². The SMILES string of the molecule is CCCCn1c(=O)n(C(C)CN)c(=O)c2c1nc(CC)n2C. The number of aryl methyl sites for hydroxylation is 3. The second-order valence-corrected chi connectivity index (χ2v) is 5.66. The van der Waals surface area contributed by atoms with Crippen molar-refractivity contribution in [2.75, 3.05) is 6.54 Å². The molecule has 0 fully saturated rings. The zero-order valence-corrected chi connectivity index (χ0v) is 13.8. The summed E-state index contributed by atoms with van der Waals surface area (Å²) >= 11 is 0. The van der Waals surface area contributed by atoms with Gasteiger partial charge in [-0.05, 0) is 13.3 Å². The molecular weight excluding hydrogens is 282 g/mol. The number of nitrogens with two attached hydrogens (primary N) is 1. The van der Waals surface area contributed by atoms with Crippen LogP contribution in [0.25, 0.3) is 11.2 Å². The van der Waals surface area contributed by atoms with E-state index in [9.17, 15) is 9.59 Å². The van der Waals surface area contributed by atoms with Gasteiger partial charge in [-0.25, -0.2) is 9.78 Å². The van der Waals surface area contributed by atoms with Crippen molar-refractivity contribution in [2.45, 2.75) is 52.6 Å². The molecule has 2 aromatic rings. The lowest BCUT2D eigenvalue weighted by Crippen LogP contribution is -2.43. The maximum absolute atomic E-state index is 12.8. The Balaban J connectivity index is 2.90. The Hall–Kier alpha value is -1.89. The van der Waals surface area contributed by atoms with Gasteiger partial charge in [0.15, 0.2) is 11.2 Å². The highest BCUT2D eigenvalue weighted by atomic mass is 16.2. The van der Waals surface area contributed by atoms with Gasteiger partial charge >= 0.3 is 5.69 Å². The molecule has 2 aromatic heterocycles. The average molecular weight is 307 g/mol. The Labute approximate surface area is 129 Å². The van der Waals surface area contributed by atoms with Crippen LogP contribution in [-0.4, -0.2) is 25.2 Å². The Morgan fingerprint density at radius 1 is 1.27 bits per heavy atom. The Morgan fingerprint density at radius 2 is 1.95 bits per heavy atom. The van der Waals surface area contributed by atoms with Crippen molar-refractivity contribution >= 4 is 11.2 Å². The largest absolute Gasteiger partial charge is 0.333 e. The van der Waals surface area contributed by atoms with E-state index in [0.29, 0.717) is 24.1 Å². The molecule has 0 aliphatic rings. The first-order valence-corrected chi connectivity index (χ1v) is 7.88. The highest BCUT2D eigenvalue weighted by Crippen LogP contribution is 2.12. The first-order chi connectivity index (χ1) is 10.5. The van der Waals surface area contributed by atoms with Crippen LogP contribution >= 0.6 is 0 Å².